The molecule has 3 rings (SSSR count). The van der Waals surface area contributed by atoms with E-state index in [9.17, 15) is 8.42 Å². The van der Waals surface area contributed by atoms with Crippen molar-refractivity contribution in [3.8, 4) is 0 Å². The lowest BCUT2D eigenvalue weighted by molar-refractivity contribution is 0.122. The lowest BCUT2D eigenvalue weighted by atomic mass is 10.2. The van der Waals surface area contributed by atoms with Crippen molar-refractivity contribution in [2.75, 3.05) is 35.9 Å². The van der Waals surface area contributed by atoms with Crippen molar-refractivity contribution in [1.29, 1.82) is 0 Å². The number of rotatable bonds is 4. The summed E-state index contributed by atoms with van der Waals surface area (Å²) in [6.45, 7) is 3.18. The zero-order valence-electron chi connectivity index (χ0n) is 11.4. The van der Waals surface area contributed by atoms with Crippen LogP contribution in [0.5, 0.6) is 0 Å². The Balaban J connectivity index is 1.72. The van der Waals surface area contributed by atoms with Gasteiger partial charge in [0.15, 0.2) is 0 Å². The van der Waals surface area contributed by atoms with E-state index in [-0.39, 0.29) is 0 Å². The van der Waals surface area contributed by atoms with Gasteiger partial charge < -0.3 is 9.64 Å². The summed E-state index contributed by atoms with van der Waals surface area (Å²) >= 11 is 1.36. The third-order valence-corrected chi connectivity index (χ3v) is 5.51. The minimum Gasteiger partial charge on any atom is -0.378 e. The number of benzene rings is 1. The van der Waals surface area contributed by atoms with Crippen molar-refractivity contribution in [3.05, 3.63) is 41.1 Å². The quantitative estimate of drug-likeness (QED) is 0.938. The molecule has 0 radical (unpaired) electrons. The van der Waals surface area contributed by atoms with Crippen molar-refractivity contribution in [1.82, 2.24) is 0 Å². The Morgan fingerprint density at radius 3 is 2.43 bits per heavy atom. The maximum absolute atomic E-state index is 12.1. The number of anilines is 2. The van der Waals surface area contributed by atoms with Crippen LogP contribution in [-0.4, -0.2) is 34.7 Å². The van der Waals surface area contributed by atoms with E-state index >= 15 is 0 Å². The second-order valence-corrected chi connectivity index (χ2v) is 7.17. The van der Waals surface area contributed by atoms with Crippen LogP contribution < -0.4 is 9.62 Å². The molecule has 0 spiro atoms. The molecule has 0 saturated carbocycles. The van der Waals surface area contributed by atoms with Gasteiger partial charge in [0, 0.05) is 29.8 Å². The molecule has 5 nitrogen and oxygen atoms in total. The topological polar surface area (TPSA) is 58.6 Å². The summed E-state index contributed by atoms with van der Waals surface area (Å²) in [4.78, 5) is 2.52. The molecule has 1 aliphatic rings. The molecule has 1 aromatic heterocycles. The summed E-state index contributed by atoms with van der Waals surface area (Å²) in [6.07, 6.45) is 0. The van der Waals surface area contributed by atoms with Crippen LogP contribution >= 0.6 is 11.3 Å². The second-order valence-electron chi connectivity index (χ2n) is 4.71. The predicted octanol–water partition coefficient (Wildman–Crippen LogP) is 2.39. The van der Waals surface area contributed by atoms with Crippen molar-refractivity contribution in [2.24, 2.45) is 0 Å². The van der Waals surface area contributed by atoms with Gasteiger partial charge in [-0.3, -0.25) is 4.72 Å². The van der Waals surface area contributed by atoms with Gasteiger partial charge in [0.2, 0.25) is 0 Å². The molecular weight excluding hydrogens is 308 g/mol. The maximum Gasteiger partial charge on any atom is 0.262 e. The fourth-order valence-corrected chi connectivity index (χ4v) is 4.27. The van der Waals surface area contributed by atoms with Crippen LogP contribution in [0.4, 0.5) is 11.4 Å². The van der Waals surface area contributed by atoms with Crippen LogP contribution in [0.3, 0.4) is 0 Å². The fraction of sp³-hybridized carbons (Fsp3) is 0.286. The molecule has 21 heavy (non-hydrogen) atoms. The standard InChI is InChI=1S/C14H16N2O3S2/c17-21(18,14-5-10-20-11-14)15-12-1-3-13(4-2-12)16-6-8-19-9-7-16/h1-5,10-11,15H,6-9H2. The highest BCUT2D eigenvalue weighted by Gasteiger charge is 2.15. The second kappa shape index (κ2) is 6.05. The van der Waals surface area contributed by atoms with E-state index in [4.69, 9.17) is 4.74 Å². The SMILES string of the molecule is O=S(=O)(Nc1ccc(N2CCOCC2)cc1)c1ccsc1. The number of nitrogens with one attached hydrogen (secondary N) is 1. The molecule has 1 N–H and O–H groups in total. The largest absolute Gasteiger partial charge is 0.378 e. The highest BCUT2D eigenvalue weighted by Crippen LogP contribution is 2.22. The van der Waals surface area contributed by atoms with Gasteiger partial charge in [-0.25, -0.2) is 8.42 Å². The number of sulfonamides is 1. The van der Waals surface area contributed by atoms with Gasteiger partial charge in [0.25, 0.3) is 10.0 Å². The first kappa shape index (κ1) is 14.4. The third-order valence-electron chi connectivity index (χ3n) is 3.30. The highest BCUT2D eigenvalue weighted by molar-refractivity contribution is 7.92. The molecule has 1 aliphatic heterocycles. The number of hydrogen-bond donors (Lipinski definition) is 1. The van der Waals surface area contributed by atoms with Crippen LogP contribution in [-0.2, 0) is 14.8 Å². The van der Waals surface area contributed by atoms with E-state index in [0.717, 1.165) is 32.0 Å². The first-order valence-electron chi connectivity index (χ1n) is 6.63. The van der Waals surface area contributed by atoms with E-state index in [1.54, 1.807) is 29.0 Å². The maximum atomic E-state index is 12.1. The molecule has 1 aromatic carbocycles. The van der Waals surface area contributed by atoms with Gasteiger partial charge in [0.05, 0.1) is 18.1 Å². The average Bonchev–Trinajstić information content (AvgIpc) is 3.04. The Hall–Kier alpha value is -1.57. The number of thiophene rings is 1. The third kappa shape index (κ3) is 3.37. The molecule has 0 amide bonds. The Morgan fingerprint density at radius 1 is 1.10 bits per heavy atom. The monoisotopic (exact) mass is 324 g/mol. The van der Waals surface area contributed by atoms with Crippen LogP contribution in [0, 0.1) is 0 Å². The lowest BCUT2D eigenvalue weighted by Crippen LogP contribution is -2.36. The first-order valence-corrected chi connectivity index (χ1v) is 9.05. The zero-order valence-corrected chi connectivity index (χ0v) is 13.0. The van der Waals surface area contributed by atoms with Crippen LogP contribution in [0.15, 0.2) is 46.0 Å². The summed E-state index contributed by atoms with van der Waals surface area (Å²) in [5.41, 5.74) is 1.65. The van der Waals surface area contributed by atoms with E-state index in [0.29, 0.717) is 10.6 Å². The van der Waals surface area contributed by atoms with E-state index in [2.05, 4.69) is 9.62 Å². The highest BCUT2D eigenvalue weighted by atomic mass is 32.2. The molecule has 1 saturated heterocycles. The Labute approximate surface area is 128 Å². The minimum atomic E-state index is -3.48. The smallest absolute Gasteiger partial charge is 0.262 e. The Kier molecular flexibility index (Phi) is 4.14. The molecule has 0 bridgehead atoms. The molecule has 0 atom stereocenters. The molecule has 112 valence electrons. The summed E-state index contributed by atoms with van der Waals surface area (Å²) in [5, 5.41) is 3.36. The Bertz CT molecular complexity index is 676. The fourth-order valence-electron chi connectivity index (χ4n) is 2.18. The summed E-state index contributed by atoms with van der Waals surface area (Å²) in [6, 6.07) is 9.02. The lowest BCUT2D eigenvalue weighted by Gasteiger charge is -2.28. The summed E-state index contributed by atoms with van der Waals surface area (Å²) < 4.78 is 32.1. The van der Waals surface area contributed by atoms with Crippen molar-refractivity contribution < 1.29 is 13.2 Å². The van der Waals surface area contributed by atoms with E-state index in [1.165, 1.54) is 11.3 Å². The molecule has 2 aromatic rings. The van der Waals surface area contributed by atoms with Gasteiger partial charge in [-0.1, -0.05) is 0 Å². The molecular formula is C14H16N2O3S2. The van der Waals surface area contributed by atoms with E-state index < -0.39 is 10.0 Å². The first-order chi connectivity index (χ1) is 10.1. The number of morpholine rings is 1. The summed E-state index contributed by atoms with van der Waals surface area (Å²) in [5.74, 6) is 0. The van der Waals surface area contributed by atoms with E-state index in [1.807, 2.05) is 12.1 Å². The Morgan fingerprint density at radius 2 is 1.81 bits per heavy atom. The zero-order chi connectivity index (χ0) is 14.7. The molecule has 1 fully saturated rings. The van der Waals surface area contributed by atoms with Crippen molar-refractivity contribution >= 4 is 32.7 Å². The minimum absolute atomic E-state index is 0.296. The molecule has 7 heteroatoms. The molecule has 0 aliphatic carbocycles. The molecule has 2 heterocycles. The predicted molar refractivity (Wildman–Crippen MR) is 84.6 cm³/mol. The van der Waals surface area contributed by atoms with Crippen molar-refractivity contribution in [3.63, 3.8) is 0 Å². The number of nitrogens with zero attached hydrogens (tertiary/aromatic N) is 1. The van der Waals surface area contributed by atoms with Gasteiger partial charge in [-0.05, 0) is 35.7 Å². The van der Waals surface area contributed by atoms with Gasteiger partial charge in [0.1, 0.15) is 0 Å². The average molecular weight is 324 g/mol. The van der Waals surface area contributed by atoms with Crippen LogP contribution in [0.2, 0.25) is 0 Å². The van der Waals surface area contributed by atoms with Gasteiger partial charge >= 0.3 is 0 Å². The number of hydrogen-bond acceptors (Lipinski definition) is 5. The van der Waals surface area contributed by atoms with Crippen LogP contribution in [0.25, 0.3) is 0 Å². The van der Waals surface area contributed by atoms with Crippen molar-refractivity contribution in [2.45, 2.75) is 4.90 Å². The van der Waals surface area contributed by atoms with Gasteiger partial charge in [-0.15, -0.1) is 0 Å². The van der Waals surface area contributed by atoms with Crippen LogP contribution in [0.1, 0.15) is 0 Å². The van der Waals surface area contributed by atoms with Gasteiger partial charge in [-0.2, -0.15) is 11.3 Å². The molecule has 0 unspecified atom stereocenters. The number of ether oxygens (including phenoxy) is 1. The summed E-state index contributed by atoms with van der Waals surface area (Å²) in [7, 11) is -3.48. The normalized spacial score (nSPS) is 15.9.